The van der Waals surface area contributed by atoms with E-state index in [1.54, 1.807) is 23.1 Å². The molecule has 0 saturated heterocycles. The predicted octanol–water partition coefficient (Wildman–Crippen LogP) is 4.00. The summed E-state index contributed by atoms with van der Waals surface area (Å²) in [5.74, 6) is -0.0301. The fourth-order valence-corrected chi connectivity index (χ4v) is 4.62. The minimum absolute atomic E-state index is 0.0181. The lowest BCUT2D eigenvalue weighted by atomic mass is 10.1. The van der Waals surface area contributed by atoms with Gasteiger partial charge in [0.25, 0.3) is 0 Å². The smallest absolute Gasteiger partial charge is 0.241 e. The molecule has 1 aliphatic rings. The quantitative estimate of drug-likeness (QED) is 0.663. The van der Waals surface area contributed by atoms with Crippen molar-refractivity contribution in [3.63, 3.8) is 0 Å². The first-order chi connectivity index (χ1) is 14.1. The molecule has 9 heteroatoms. The van der Waals surface area contributed by atoms with E-state index in [0.29, 0.717) is 23.0 Å². The minimum atomic E-state index is -3.77. The van der Waals surface area contributed by atoms with Crippen molar-refractivity contribution in [2.75, 3.05) is 24.5 Å². The first-order valence-corrected chi connectivity index (χ1v) is 12.1. The van der Waals surface area contributed by atoms with Crippen molar-refractivity contribution in [1.29, 1.82) is 0 Å². The van der Waals surface area contributed by atoms with Crippen LogP contribution in [0.25, 0.3) is 0 Å². The Morgan fingerprint density at radius 3 is 2.57 bits per heavy atom. The van der Waals surface area contributed by atoms with Gasteiger partial charge in [0.1, 0.15) is 0 Å². The molecule has 0 aliphatic carbocycles. The lowest BCUT2D eigenvalue weighted by Gasteiger charge is -2.30. The molecule has 0 bridgehead atoms. The highest BCUT2D eigenvalue weighted by atomic mass is 35.5. The van der Waals surface area contributed by atoms with E-state index in [1.165, 1.54) is 6.07 Å². The van der Waals surface area contributed by atoms with Crippen LogP contribution in [0.5, 0.6) is 0 Å². The van der Waals surface area contributed by atoms with Crippen molar-refractivity contribution in [3.05, 3.63) is 57.6 Å². The van der Waals surface area contributed by atoms with Gasteiger partial charge in [0.15, 0.2) is 0 Å². The van der Waals surface area contributed by atoms with Crippen LogP contribution >= 0.6 is 23.2 Å². The van der Waals surface area contributed by atoms with Crippen molar-refractivity contribution in [2.45, 2.75) is 37.6 Å². The molecular weight excluding hydrogens is 445 g/mol. The third-order valence-electron chi connectivity index (χ3n) is 5.40. The molecule has 30 heavy (non-hydrogen) atoms. The number of hydrogen-bond acceptors (Lipinski definition) is 4. The van der Waals surface area contributed by atoms with Crippen LogP contribution in [0.15, 0.2) is 41.3 Å². The molecule has 1 aliphatic heterocycles. The highest BCUT2D eigenvalue weighted by molar-refractivity contribution is 7.89. The number of halogens is 2. The first-order valence-electron chi connectivity index (χ1n) is 9.77. The van der Waals surface area contributed by atoms with Gasteiger partial charge in [-0.05, 0) is 67.8 Å². The van der Waals surface area contributed by atoms with Crippen LogP contribution in [-0.4, -0.2) is 38.9 Å². The van der Waals surface area contributed by atoms with Gasteiger partial charge in [0.05, 0.1) is 21.5 Å². The Kier molecular flexibility index (Phi) is 7.09. The molecule has 1 amide bonds. The molecular formula is C21H25Cl2N3O3S. The second-order valence-corrected chi connectivity index (χ2v) is 9.83. The fraction of sp³-hybridized carbons (Fsp3) is 0.381. The summed E-state index contributed by atoms with van der Waals surface area (Å²) < 4.78 is 23.2. The summed E-state index contributed by atoms with van der Waals surface area (Å²) in [4.78, 5) is 17.0. The number of fused-ring (bicyclic) bond motifs is 1. The third-order valence-corrected chi connectivity index (χ3v) is 7.05. The normalized spacial score (nSPS) is 14.8. The Morgan fingerprint density at radius 2 is 1.93 bits per heavy atom. The van der Waals surface area contributed by atoms with E-state index in [9.17, 15) is 13.2 Å². The monoisotopic (exact) mass is 469 g/mol. The Morgan fingerprint density at radius 1 is 1.20 bits per heavy atom. The van der Waals surface area contributed by atoms with Crippen LogP contribution in [0.4, 0.5) is 5.69 Å². The zero-order valence-corrected chi connectivity index (χ0v) is 19.3. The molecule has 0 saturated carbocycles. The number of nitrogens with two attached hydrogens (primary N) is 1. The molecule has 162 valence electrons. The zero-order chi connectivity index (χ0) is 22.1. The highest BCUT2D eigenvalue weighted by Gasteiger charge is 2.28. The van der Waals surface area contributed by atoms with Gasteiger partial charge in [-0.3, -0.25) is 9.69 Å². The number of primary sulfonamides is 1. The Bertz CT molecular complexity index is 1060. The number of anilines is 1. The standard InChI is InChI=1S/C21H25Cl2N3O3S/c1-3-9-25(14(2)15-4-6-18(22)19(23)12-15)13-21(27)26-10-8-16-11-17(30(24,28)29)5-7-20(16)26/h4-7,11-12,14H,3,8-10,13H2,1-2H3,(H2,24,28,29). The second-order valence-electron chi connectivity index (χ2n) is 7.45. The third kappa shape index (κ3) is 4.98. The van der Waals surface area contributed by atoms with Crippen molar-refractivity contribution in [3.8, 4) is 0 Å². The number of amides is 1. The van der Waals surface area contributed by atoms with Gasteiger partial charge in [-0.15, -0.1) is 0 Å². The maximum atomic E-state index is 13.1. The highest BCUT2D eigenvalue weighted by Crippen LogP contribution is 2.31. The van der Waals surface area contributed by atoms with Crippen LogP contribution in [0.3, 0.4) is 0 Å². The van der Waals surface area contributed by atoms with Crippen molar-refractivity contribution in [2.24, 2.45) is 5.14 Å². The van der Waals surface area contributed by atoms with E-state index in [4.69, 9.17) is 28.3 Å². The Balaban J connectivity index is 1.79. The van der Waals surface area contributed by atoms with Gasteiger partial charge in [0.2, 0.25) is 15.9 Å². The Labute approximate surface area is 187 Å². The summed E-state index contributed by atoms with van der Waals surface area (Å²) >= 11 is 12.2. The lowest BCUT2D eigenvalue weighted by Crippen LogP contribution is -2.41. The summed E-state index contributed by atoms with van der Waals surface area (Å²) in [6.45, 7) is 5.62. The van der Waals surface area contributed by atoms with E-state index >= 15 is 0 Å². The maximum absolute atomic E-state index is 13.1. The van der Waals surface area contributed by atoms with Crippen LogP contribution in [0.1, 0.15) is 37.4 Å². The van der Waals surface area contributed by atoms with Gasteiger partial charge in [-0.1, -0.05) is 36.2 Å². The molecule has 2 aromatic rings. The summed E-state index contributed by atoms with van der Waals surface area (Å²) in [5.41, 5.74) is 2.55. The van der Waals surface area contributed by atoms with Crippen LogP contribution in [0.2, 0.25) is 10.0 Å². The van der Waals surface area contributed by atoms with Crippen LogP contribution < -0.4 is 10.0 Å². The molecule has 6 nitrogen and oxygen atoms in total. The van der Waals surface area contributed by atoms with Gasteiger partial charge in [-0.25, -0.2) is 13.6 Å². The fourth-order valence-electron chi connectivity index (χ4n) is 3.75. The molecule has 2 aromatic carbocycles. The largest absolute Gasteiger partial charge is 0.311 e. The van der Waals surface area contributed by atoms with Crippen LogP contribution in [0, 0.1) is 0 Å². The number of rotatable bonds is 7. The molecule has 0 spiro atoms. The summed E-state index contributed by atoms with van der Waals surface area (Å²) in [6, 6.07) is 10.2. The first kappa shape index (κ1) is 23.0. The molecule has 1 atom stereocenters. The van der Waals surface area contributed by atoms with Crippen LogP contribution in [-0.2, 0) is 21.2 Å². The average molecular weight is 470 g/mol. The SMILES string of the molecule is CCCN(CC(=O)N1CCc2cc(S(N)(=O)=O)ccc21)C(C)c1ccc(Cl)c(Cl)c1. The van der Waals surface area contributed by atoms with Gasteiger partial charge in [0, 0.05) is 18.3 Å². The number of carbonyl (C=O) groups excluding carboxylic acids is 1. The van der Waals surface area contributed by atoms with E-state index in [0.717, 1.165) is 29.8 Å². The van der Waals surface area contributed by atoms with Crippen molar-refractivity contribution < 1.29 is 13.2 Å². The maximum Gasteiger partial charge on any atom is 0.241 e. The number of benzene rings is 2. The number of nitrogens with zero attached hydrogens (tertiary/aromatic N) is 2. The second kappa shape index (κ2) is 9.24. The van der Waals surface area contributed by atoms with Crippen molar-refractivity contribution in [1.82, 2.24) is 4.90 Å². The number of hydrogen-bond donors (Lipinski definition) is 1. The van der Waals surface area contributed by atoms with Gasteiger partial charge >= 0.3 is 0 Å². The Hall–Kier alpha value is -1.64. The molecule has 3 rings (SSSR count). The number of sulfonamides is 1. The molecule has 1 heterocycles. The summed E-state index contributed by atoms with van der Waals surface area (Å²) in [5, 5.41) is 6.21. The molecule has 0 radical (unpaired) electrons. The lowest BCUT2D eigenvalue weighted by molar-refractivity contribution is -0.120. The molecule has 0 aromatic heterocycles. The number of carbonyl (C=O) groups is 1. The average Bonchev–Trinajstić information content (AvgIpc) is 3.12. The zero-order valence-electron chi connectivity index (χ0n) is 16.9. The van der Waals surface area contributed by atoms with Gasteiger partial charge < -0.3 is 4.90 Å². The topological polar surface area (TPSA) is 83.7 Å². The van der Waals surface area contributed by atoms with Gasteiger partial charge in [-0.2, -0.15) is 0 Å². The van der Waals surface area contributed by atoms with E-state index in [-0.39, 0.29) is 23.4 Å². The molecule has 1 unspecified atom stereocenters. The summed E-state index contributed by atoms with van der Waals surface area (Å²) in [7, 11) is -3.77. The molecule has 2 N–H and O–H groups in total. The van der Waals surface area contributed by atoms with E-state index < -0.39 is 10.0 Å². The molecule has 0 fully saturated rings. The summed E-state index contributed by atoms with van der Waals surface area (Å²) in [6.07, 6.45) is 1.49. The van der Waals surface area contributed by atoms with E-state index in [1.807, 2.05) is 19.1 Å². The minimum Gasteiger partial charge on any atom is -0.311 e. The predicted molar refractivity (Wildman–Crippen MR) is 121 cm³/mol. The van der Waals surface area contributed by atoms with Crippen molar-refractivity contribution >= 4 is 44.8 Å². The van der Waals surface area contributed by atoms with E-state index in [2.05, 4.69) is 11.8 Å².